The maximum Gasteiger partial charge on any atom is 0.311 e. The summed E-state index contributed by atoms with van der Waals surface area (Å²) in [6, 6.07) is 0. The number of ketones is 1. The topological polar surface area (TPSA) is 43.4 Å². The summed E-state index contributed by atoms with van der Waals surface area (Å²) in [7, 11) is 0. The SMILES string of the molecule is CCOC(=O)C(C)(C)CC(=O)CC(C)(C)C. The van der Waals surface area contributed by atoms with Gasteiger partial charge < -0.3 is 4.74 Å². The molecule has 3 heteroatoms. The Morgan fingerprint density at radius 1 is 1.00 bits per heavy atom. The minimum Gasteiger partial charge on any atom is -0.466 e. The van der Waals surface area contributed by atoms with E-state index >= 15 is 0 Å². The van der Waals surface area contributed by atoms with Crippen molar-refractivity contribution < 1.29 is 14.3 Å². The largest absolute Gasteiger partial charge is 0.466 e. The quantitative estimate of drug-likeness (QED) is 0.679. The number of Topliss-reactive ketones (excluding diaryl/α,β-unsaturated/α-hetero) is 1. The zero-order valence-electron chi connectivity index (χ0n) is 11.3. The molecule has 0 fully saturated rings. The third-order valence-electron chi connectivity index (χ3n) is 2.19. The smallest absolute Gasteiger partial charge is 0.311 e. The first-order valence-electron chi connectivity index (χ1n) is 5.77. The molecule has 0 N–H and O–H groups in total. The summed E-state index contributed by atoms with van der Waals surface area (Å²) in [5.74, 6) is -0.178. The molecule has 0 radical (unpaired) electrons. The Labute approximate surface area is 98.6 Å². The van der Waals surface area contributed by atoms with E-state index in [9.17, 15) is 9.59 Å². The monoisotopic (exact) mass is 228 g/mol. The molecule has 0 atom stereocenters. The Balaban J connectivity index is 4.36. The van der Waals surface area contributed by atoms with Crippen LogP contribution in [-0.2, 0) is 14.3 Å². The van der Waals surface area contributed by atoms with Crippen molar-refractivity contribution in [2.45, 2.75) is 54.4 Å². The van der Waals surface area contributed by atoms with Crippen LogP contribution in [0.4, 0.5) is 0 Å². The first-order valence-corrected chi connectivity index (χ1v) is 5.77. The maximum absolute atomic E-state index is 11.8. The molecule has 0 aromatic rings. The van der Waals surface area contributed by atoms with Crippen molar-refractivity contribution in [3.63, 3.8) is 0 Å². The van der Waals surface area contributed by atoms with Gasteiger partial charge in [0.2, 0.25) is 0 Å². The van der Waals surface area contributed by atoms with Crippen LogP contribution >= 0.6 is 0 Å². The van der Waals surface area contributed by atoms with E-state index in [0.29, 0.717) is 13.0 Å². The number of rotatable bonds is 5. The molecule has 0 aliphatic carbocycles. The molecule has 0 saturated heterocycles. The van der Waals surface area contributed by atoms with E-state index < -0.39 is 5.41 Å². The summed E-state index contributed by atoms with van der Waals surface area (Å²) in [6.45, 7) is 11.7. The molecule has 0 aliphatic heterocycles. The fourth-order valence-corrected chi connectivity index (χ4v) is 1.55. The minimum absolute atomic E-state index is 0.0260. The van der Waals surface area contributed by atoms with Crippen LogP contribution in [0.15, 0.2) is 0 Å². The van der Waals surface area contributed by atoms with Crippen molar-refractivity contribution >= 4 is 11.8 Å². The number of carbonyl (C=O) groups excluding carboxylic acids is 2. The van der Waals surface area contributed by atoms with Gasteiger partial charge in [-0.3, -0.25) is 9.59 Å². The van der Waals surface area contributed by atoms with Gasteiger partial charge in [-0.2, -0.15) is 0 Å². The summed E-state index contributed by atoms with van der Waals surface area (Å²) in [6.07, 6.45) is 0.749. The van der Waals surface area contributed by atoms with E-state index in [1.165, 1.54) is 0 Å². The van der Waals surface area contributed by atoms with Crippen molar-refractivity contribution in [1.29, 1.82) is 0 Å². The van der Waals surface area contributed by atoms with Crippen molar-refractivity contribution in [2.75, 3.05) is 6.61 Å². The second-order valence-electron chi connectivity index (χ2n) is 6.06. The lowest BCUT2D eigenvalue weighted by Crippen LogP contribution is -2.30. The number of carbonyl (C=O) groups is 2. The minimum atomic E-state index is -0.710. The average molecular weight is 228 g/mol. The van der Waals surface area contributed by atoms with Gasteiger partial charge in [-0.1, -0.05) is 20.8 Å². The van der Waals surface area contributed by atoms with Crippen LogP contribution in [0.5, 0.6) is 0 Å². The molecule has 0 heterocycles. The molecule has 94 valence electrons. The predicted molar refractivity (Wildman–Crippen MR) is 64.1 cm³/mol. The van der Waals surface area contributed by atoms with Crippen molar-refractivity contribution in [2.24, 2.45) is 10.8 Å². The molecule has 0 aliphatic rings. The molecule has 0 unspecified atom stereocenters. The van der Waals surface area contributed by atoms with E-state index in [1.54, 1.807) is 20.8 Å². The van der Waals surface area contributed by atoms with E-state index in [0.717, 1.165) is 0 Å². The number of esters is 1. The fourth-order valence-electron chi connectivity index (χ4n) is 1.55. The second kappa shape index (κ2) is 5.46. The third kappa shape index (κ3) is 5.89. The molecule has 0 saturated carbocycles. The van der Waals surface area contributed by atoms with Crippen LogP contribution in [0.3, 0.4) is 0 Å². The lowest BCUT2D eigenvalue weighted by molar-refractivity contribution is -0.155. The highest BCUT2D eigenvalue weighted by Gasteiger charge is 2.32. The first kappa shape index (κ1) is 15.1. The molecule has 0 rings (SSSR count). The Hall–Kier alpha value is -0.860. The van der Waals surface area contributed by atoms with E-state index in [2.05, 4.69) is 0 Å². The molecule has 0 aromatic heterocycles. The van der Waals surface area contributed by atoms with Gasteiger partial charge in [0.05, 0.1) is 12.0 Å². The van der Waals surface area contributed by atoms with Gasteiger partial charge in [-0.05, 0) is 26.2 Å². The Bertz CT molecular complexity index is 259. The van der Waals surface area contributed by atoms with E-state index in [-0.39, 0.29) is 23.6 Å². The summed E-state index contributed by atoms with van der Waals surface area (Å²) >= 11 is 0. The Morgan fingerprint density at radius 2 is 1.50 bits per heavy atom. The molecule has 0 amide bonds. The van der Waals surface area contributed by atoms with Gasteiger partial charge in [0.1, 0.15) is 5.78 Å². The van der Waals surface area contributed by atoms with Crippen LogP contribution in [0.2, 0.25) is 0 Å². The molecule has 3 nitrogen and oxygen atoms in total. The lowest BCUT2D eigenvalue weighted by atomic mass is 9.82. The van der Waals surface area contributed by atoms with Gasteiger partial charge in [-0.15, -0.1) is 0 Å². The highest BCUT2D eigenvalue weighted by atomic mass is 16.5. The molecular formula is C13H24O3. The fraction of sp³-hybridized carbons (Fsp3) is 0.846. The van der Waals surface area contributed by atoms with Crippen molar-refractivity contribution in [1.82, 2.24) is 0 Å². The number of ether oxygens (including phenoxy) is 1. The first-order chi connectivity index (χ1) is 7.08. The highest BCUT2D eigenvalue weighted by molar-refractivity contribution is 5.86. The predicted octanol–water partition coefficient (Wildman–Crippen LogP) is 2.97. The van der Waals surface area contributed by atoms with E-state index in [4.69, 9.17) is 4.74 Å². The Kier molecular flexibility index (Phi) is 5.17. The van der Waals surface area contributed by atoms with Gasteiger partial charge >= 0.3 is 5.97 Å². The summed E-state index contributed by atoms with van der Waals surface area (Å²) < 4.78 is 4.95. The third-order valence-corrected chi connectivity index (χ3v) is 2.19. The summed E-state index contributed by atoms with van der Waals surface area (Å²) in [5.41, 5.74) is -0.736. The van der Waals surface area contributed by atoms with Crippen molar-refractivity contribution in [3.8, 4) is 0 Å². The average Bonchev–Trinajstić information content (AvgIpc) is 1.99. The normalized spacial score (nSPS) is 12.4. The molecule has 0 bridgehead atoms. The maximum atomic E-state index is 11.8. The van der Waals surface area contributed by atoms with Crippen LogP contribution in [0.1, 0.15) is 54.4 Å². The lowest BCUT2D eigenvalue weighted by Gasteiger charge is -2.24. The number of hydrogen-bond donors (Lipinski definition) is 0. The van der Waals surface area contributed by atoms with E-state index in [1.807, 2.05) is 20.8 Å². The van der Waals surface area contributed by atoms with Gasteiger partial charge in [0.15, 0.2) is 0 Å². The standard InChI is InChI=1S/C13H24O3/c1-7-16-11(15)13(5,6)9-10(14)8-12(2,3)4/h7-9H2,1-6H3. The molecular weight excluding hydrogens is 204 g/mol. The van der Waals surface area contributed by atoms with Gasteiger partial charge in [0.25, 0.3) is 0 Å². The van der Waals surface area contributed by atoms with Crippen LogP contribution in [0, 0.1) is 10.8 Å². The van der Waals surface area contributed by atoms with Crippen LogP contribution in [-0.4, -0.2) is 18.4 Å². The van der Waals surface area contributed by atoms with Gasteiger partial charge in [-0.25, -0.2) is 0 Å². The van der Waals surface area contributed by atoms with Crippen LogP contribution < -0.4 is 0 Å². The van der Waals surface area contributed by atoms with Gasteiger partial charge in [0, 0.05) is 12.8 Å². The number of hydrogen-bond acceptors (Lipinski definition) is 3. The summed E-state index contributed by atoms with van der Waals surface area (Å²) in [4.78, 5) is 23.4. The zero-order valence-corrected chi connectivity index (χ0v) is 11.3. The second-order valence-corrected chi connectivity index (χ2v) is 6.06. The summed E-state index contributed by atoms with van der Waals surface area (Å²) in [5, 5.41) is 0. The van der Waals surface area contributed by atoms with Crippen LogP contribution in [0.25, 0.3) is 0 Å². The Morgan fingerprint density at radius 3 is 1.88 bits per heavy atom. The zero-order chi connectivity index (χ0) is 13.0. The molecule has 16 heavy (non-hydrogen) atoms. The van der Waals surface area contributed by atoms with Crippen molar-refractivity contribution in [3.05, 3.63) is 0 Å². The highest BCUT2D eigenvalue weighted by Crippen LogP contribution is 2.27. The molecule has 0 aromatic carbocycles. The molecule has 0 spiro atoms.